The van der Waals surface area contributed by atoms with E-state index in [0.29, 0.717) is 0 Å². The van der Waals surface area contributed by atoms with Crippen molar-refractivity contribution >= 4 is 22.4 Å². The molecule has 1 aliphatic carbocycles. The van der Waals surface area contributed by atoms with E-state index in [1.54, 1.807) is 11.3 Å². The topological polar surface area (TPSA) is 53.4 Å². The molecule has 2 aliphatic rings. The zero-order valence-electron chi connectivity index (χ0n) is 11.1. The molecule has 1 aromatic heterocycles. The van der Waals surface area contributed by atoms with Gasteiger partial charge in [-0.05, 0) is 25.7 Å². The molecule has 1 fully saturated rings. The van der Waals surface area contributed by atoms with Gasteiger partial charge in [0.1, 0.15) is 5.92 Å². The number of nitrogens with zero attached hydrogens (tertiary/aromatic N) is 2. The molecule has 2 heterocycles. The molecule has 5 heteroatoms. The van der Waals surface area contributed by atoms with E-state index in [9.17, 15) is 9.90 Å². The summed E-state index contributed by atoms with van der Waals surface area (Å²) in [5.74, 6) is -1.09. The lowest BCUT2D eigenvalue weighted by Crippen LogP contribution is -2.27. The van der Waals surface area contributed by atoms with Gasteiger partial charge in [0.25, 0.3) is 0 Å². The third-order valence-electron chi connectivity index (χ3n) is 4.13. The van der Waals surface area contributed by atoms with Gasteiger partial charge in [-0.25, -0.2) is 4.98 Å². The zero-order valence-corrected chi connectivity index (χ0v) is 11.9. The summed E-state index contributed by atoms with van der Waals surface area (Å²) in [6.45, 7) is 2.15. The molecule has 0 amide bonds. The van der Waals surface area contributed by atoms with Gasteiger partial charge in [0.2, 0.25) is 0 Å². The maximum absolute atomic E-state index is 11.2. The molecule has 0 saturated carbocycles. The summed E-state index contributed by atoms with van der Waals surface area (Å²) in [5, 5.41) is 10.3. The van der Waals surface area contributed by atoms with Crippen molar-refractivity contribution in [1.82, 2.24) is 4.98 Å². The molecule has 104 valence electrons. The second-order valence-corrected chi connectivity index (χ2v) is 6.55. The van der Waals surface area contributed by atoms with Crippen LogP contribution in [0.2, 0.25) is 0 Å². The van der Waals surface area contributed by atoms with E-state index in [1.807, 2.05) is 0 Å². The molecule has 1 aromatic rings. The average molecular weight is 280 g/mol. The number of hydrogen-bond acceptors (Lipinski definition) is 4. The second-order valence-electron chi connectivity index (χ2n) is 5.49. The third kappa shape index (κ3) is 2.61. The van der Waals surface area contributed by atoms with Crippen LogP contribution < -0.4 is 4.90 Å². The number of aromatic nitrogens is 1. The van der Waals surface area contributed by atoms with E-state index in [-0.39, 0.29) is 5.92 Å². The van der Waals surface area contributed by atoms with E-state index in [0.717, 1.165) is 36.8 Å². The highest BCUT2D eigenvalue weighted by Crippen LogP contribution is 2.39. The molecule has 0 spiro atoms. The number of carboxylic acid groups (broad SMARTS) is 1. The summed E-state index contributed by atoms with van der Waals surface area (Å²) >= 11 is 1.72. The standard InChI is InChI=1S/C14H20N2O2S/c17-13(18)10-6-7-11-12(10)15-14(19-11)16-8-4-2-1-3-5-9-16/h10H,1-9H2,(H,17,18). The van der Waals surface area contributed by atoms with Crippen molar-refractivity contribution < 1.29 is 9.90 Å². The highest BCUT2D eigenvalue weighted by atomic mass is 32.1. The number of carboxylic acids is 1. The van der Waals surface area contributed by atoms with Crippen LogP contribution in [0.4, 0.5) is 5.13 Å². The van der Waals surface area contributed by atoms with Gasteiger partial charge in [-0.3, -0.25) is 4.79 Å². The first-order chi connectivity index (χ1) is 9.25. The van der Waals surface area contributed by atoms with Crippen LogP contribution in [0.1, 0.15) is 55.0 Å². The molecule has 0 radical (unpaired) electrons. The van der Waals surface area contributed by atoms with Crippen LogP contribution in [0.5, 0.6) is 0 Å². The lowest BCUT2D eigenvalue weighted by atomic mass is 10.1. The molecule has 1 unspecified atom stereocenters. The number of aryl methyl sites for hydroxylation is 1. The van der Waals surface area contributed by atoms with Crippen molar-refractivity contribution in [2.24, 2.45) is 0 Å². The lowest BCUT2D eigenvalue weighted by molar-refractivity contribution is -0.138. The quantitative estimate of drug-likeness (QED) is 0.904. The Morgan fingerprint density at radius 2 is 1.89 bits per heavy atom. The molecular formula is C14H20N2O2S. The number of rotatable bonds is 2. The molecule has 0 bridgehead atoms. The SMILES string of the molecule is O=C(O)C1CCc2sc(N3CCCCCCC3)nc21. The number of anilines is 1. The lowest BCUT2D eigenvalue weighted by Gasteiger charge is -2.24. The minimum absolute atomic E-state index is 0.366. The predicted octanol–water partition coefficient (Wildman–Crippen LogP) is 3.03. The van der Waals surface area contributed by atoms with Crippen LogP contribution in [-0.2, 0) is 11.2 Å². The van der Waals surface area contributed by atoms with Crippen LogP contribution in [-0.4, -0.2) is 29.1 Å². The molecule has 19 heavy (non-hydrogen) atoms. The summed E-state index contributed by atoms with van der Waals surface area (Å²) < 4.78 is 0. The fraction of sp³-hybridized carbons (Fsp3) is 0.714. The van der Waals surface area contributed by atoms with Crippen LogP contribution >= 0.6 is 11.3 Å². The third-order valence-corrected chi connectivity index (χ3v) is 5.32. The number of hydrogen-bond donors (Lipinski definition) is 1. The van der Waals surface area contributed by atoms with Gasteiger partial charge < -0.3 is 10.0 Å². The van der Waals surface area contributed by atoms with Crippen molar-refractivity contribution in [2.45, 2.75) is 50.9 Å². The molecule has 1 aliphatic heterocycles. The Balaban J connectivity index is 1.78. The highest BCUT2D eigenvalue weighted by Gasteiger charge is 2.33. The van der Waals surface area contributed by atoms with Gasteiger partial charge in [-0.15, -0.1) is 11.3 Å². The van der Waals surface area contributed by atoms with Crippen molar-refractivity contribution in [1.29, 1.82) is 0 Å². The van der Waals surface area contributed by atoms with Crippen molar-refractivity contribution in [2.75, 3.05) is 18.0 Å². The average Bonchev–Trinajstić information content (AvgIpc) is 2.86. The largest absolute Gasteiger partial charge is 0.481 e. The van der Waals surface area contributed by atoms with E-state index in [2.05, 4.69) is 9.88 Å². The first kappa shape index (κ1) is 12.9. The van der Waals surface area contributed by atoms with Gasteiger partial charge in [-0.1, -0.05) is 19.3 Å². The predicted molar refractivity (Wildman–Crippen MR) is 76.1 cm³/mol. The summed E-state index contributed by atoms with van der Waals surface area (Å²) in [6, 6.07) is 0. The molecule has 1 N–H and O–H groups in total. The fourth-order valence-corrected chi connectivity index (χ4v) is 4.22. The summed E-state index contributed by atoms with van der Waals surface area (Å²) in [4.78, 5) is 19.4. The van der Waals surface area contributed by atoms with Crippen LogP contribution in [0.15, 0.2) is 0 Å². The summed E-state index contributed by atoms with van der Waals surface area (Å²) in [7, 11) is 0. The van der Waals surface area contributed by atoms with Gasteiger partial charge in [0.05, 0.1) is 5.69 Å². The first-order valence-corrected chi connectivity index (χ1v) is 8.04. The summed E-state index contributed by atoms with van der Waals surface area (Å²) in [5.41, 5.74) is 0.842. The zero-order chi connectivity index (χ0) is 13.2. The number of carbonyl (C=O) groups is 1. The van der Waals surface area contributed by atoms with Crippen molar-refractivity contribution in [3.63, 3.8) is 0 Å². The monoisotopic (exact) mass is 280 g/mol. The van der Waals surface area contributed by atoms with E-state index >= 15 is 0 Å². The Morgan fingerprint density at radius 3 is 2.58 bits per heavy atom. The van der Waals surface area contributed by atoms with Crippen LogP contribution in [0, 0.1) is 0 Å². The normalized spacial score (nSPS) is 23.8. The Morgan fingerprint density at radius 1 is 1.21 bits per heavy atom. The Kier molecular flexibility index (Phi) is 3.73. The number of fused-ring (bicyclic) bond motifs is 1. The van der Waals surface area contributed by atoms with Crippen LogP contribution in [0.3, 0.4) is 0 Å². The highest BCUT2D eigenvalue weighted by molar-refractivity contribution is 7.15. The second kappa shape index (κ2) is 5.49. The number of thiazole rings is 1. The maximum Gasteiger partial charge on any atom is 0.312 e. The molecule has 0 aromatic carbocycles. The molecular weight excluding hydrogens is 260 g/mol. The Labute approximate surface area is 117 Å². The van der Waals surface area contributed by atoms with Crippen LogP contribution in [0.25, 0.3) is 0 Å². The Bertz CT molecular complexity index is 464. The number of aliphatic carboxylic acids is 1. The van der Waals surface area contributed by atoms with Crippen molar-refractivity contribution in [3.8, 4) is 0 Å². The molecule has 1 saturated heterocycles. The van der Waals surface area contributed by atoms with Gasteiger partial charge in [0, 0.05) is 18.0 Å². The Hall–Kier alpha value is -1.10. The molecule has 3 rings (SSSR count). The van der Waals surface area contributed by atoms with Crippen molar-refractivity contribution in [3.05, 3.63) is 10.6 Å². The van der Waals surface area contributed by atoms with E-state index < -0.39 is 5.97 Å². The van der Waals surface area contributed by atoms with E-state index in [1.165, 1.54) is 37.0 Å². The minimum atomic E-state index is -0.719. The van der Waals surface area contributed by atoms with Gasteiger partial charge >= 0.3 is 5.97 Å². The molecule has 4 nitrogen and oxygen atoms in total. The van der Waals surface area contributed by atoms with Gasteiger partial charge in [0.15, 0.2) is 5.13 Å². The fourth-order valence-electron chi connectivity index (χ4n) is 3.03. The van der Waals surface area contributed by atoms with E-state index in [4.69, 9.17) is 0 Å². The first-order valence-electron chi connectivity index (χ1n) is 7.23. The summed E-state index contributed by atoms with van der Waals surface area (Å²) in [6.07, 6.45) is 8.03. The maximum atomic E-state index is 11.2. The molecule has 1 atom stereocenters. The smallest absolute Gasteiger partial charge is 0.312 e. The van der Waals surface area contributed by atoms with Gasteiger partial charge in [-0.2, -0.15) is 0 Å². The minimum Gasteiger partial charge on any atom is -0.481 e.